The van der Waals surface area contributed by atoms with E-state index in [1.54, 1.807) is 7.85 Å². The van der Waals surface area contributed by atoms with Crippen LogP contribution in [0.1, 0.15) is 25.8 Å². The van der Waals surface area contributed by atoms with Gasteiger partial charge in [0.2, 0.25) is 0 Å². The van der Waals surface area contributed by atoms with E-state index in [4.69, 9.17) is 15.9 Å². The Hall–Kier alpha value is -4.36. The van der Waals surface area contributed by atoms with E-state index in [0.717, 1.165) is 12.3 Å². The molecule has 2 aliphatic heterocycles. The zero-order valence-electron chi connectivity index (χ0n) is 20.9. The average Bonchev–Trinajstić information content (AvgIpc) is 3.19. The second-order valence-corrected chi connectivity index (χ2v) is 9.29. The summed E-state index contributed by atoms with van der Waals surface area (Å²) in [6.45, 7) is 3.20. The minimum Gasteiger partial charge on any atom is -0.483 e. The van der Waals surface area contributed by atoms with Crippen LogP contribution in [0.2, 0.25) is 0 Å². The van der Waals surface area contributed by atoms with Gasteiger partial charge in [-0.05, 0) is 31.5 Å². The van der Waals surface area contributed by atoms with Crippen LogP contribution in [0.25, 0.3) is 0 Å². The quantitative estimate of drug-likeness (QED) is 0.288. The fourth-order valence-electron chi connectivity index (χ4n) is 4.35. The topological polar surface area (TPSA) is 137 Å². The van der Waals surface area contributed by atoms with Crippen molar-refractivity contribution in [1.29, 1.82) is 5.41 Å². The highest BCUT2D eigenvalue weighted by Gasteiger charge is 2.45. The Morgan fingerprint density at radius 3 is 2.45 bits per heavy atom. The molecule has 3 heterocycles. The lowest BCUT2D eigenvalue weighted by Crippen LogP contribution is -2.61. The first kappa shape index (κ1) is 26.7. The van der Waals surface area contributed by atoms with Crippen LogP contribution in [-0.4, -0.2) is 65.8 Å². The number of halogens is 3. The molecule has 1 aromatic heterocycles. The summed E-state index contributed by atoms with van der Waals surface area (Å²) in [6, 6.07) is 3.91. The number of likely N-dealkylation sites (tertiary alicyclic amines) is 1. The van der Waals surface area contributed by atoms with Crippen LogP contribution in [0.3, 0.4) is 0 Å². The number of ether oxygens (including phenoxy) is 1. The van der Waals surface area contributed by atoms with Crippen molar-refractivity contribution >= 4 is 37.5 Å². The van der Waals surface area contributed by atoms with Crippen LogP contribution in [0, 0.1) is 22.9 Å². The van der Waals surface area contributed by atoms with Crippen molar-refractivity contribution < 1.29 is 27.5 Å². The lowest BCUT2D eigenvalue weighted by Gasteiger charge is -2.43. The minimum atomic E-state index is -1.08. The number of nitrogens with zero attached hydrogens (tertiary/aromatic N) is 4. The van der Waals surface area contributed by atoms with Crippen molar-refractivity contribution in [2.75, 3.05) is 18.4 Å². The Bertz CT molecular complexity index is 1340. The van der Waals surface area contributed by atoms with Crippen LogP contribution < -0.4 is 15.8 Å². The lowest BCUT2D eigenvalue weighted by atomic mass is 9.70. The zero-order valence-corrected chi connectivity index (χ0v) is 20.9. The second-order valence-electron chi connectivity index (χ2n) is 9.29. The Labute approximate surface area is 217 Å². The number of nitrogens with one attached hydrogen (secondary N) is 2. The third kappa shape index (κ3) is 5.19. The number of hydrogen-bond donors (Lipinski definition) is 3. The summed E-state index contributed by atoms with van der Waals surface area (Å²) >= 11 is 0. The number of hydrogen-bond acceptors (Lipinski definition) is 7. The Morgan fingerprint density at radius 2 is 1.84 bits per heavy atom. The number of amides is 3. The Balaban J connectivity index is 1.42. The number of carbonyl (C=O) groups is 2. The molecular formula is C24H25BF3N7O3. The lowest BCUT2D eigenvalue weighted by molar-refractivity contribution is -0.114. The van der Waals surface area contributed by atoms with Crippen molar-refractivity contribution in [3.63, 3.8) is 0 Å². The van der Waals surface area contributed by atoms with Gasteiger partial charge in [-0.25, -0.2) is 28.0 Å². The van der Waals surface area contributed by atoms with Crippen LogP contribution in [0.5, 0.6) is 5.75 Å². The molecule has 4 rings (SSSR count). The van der Waals surface area contributed by atoms with Gasteiger partial charge in [0.1, 0.15) is 31.4 Å². The molecule has 3 amide bonds. The third-order valence-electron chi connectivity index (χ3n) is 6.36. The van der Waals surface area contributed by atoms with Gasteiger partial charge < -0.3 is 26.1 Å². The fraction of sp³-hybridized carbons (Fsp3) is 0.292. The smallest absolute Gasteiger partial charge is 0.340 e. The number of aromatic nitrogens is 1. The van der Waals surface area contributed by atoms with Gasteiger partial charge in [0.25, 0.3) is 5.91 Å². The summed E-state index contributed by atoms with van der Waals surface area (Å²) in [5.41, 5.74) is 4.72. The summed E-state index contributed by atoms with van der Waals surface area (Å²) in [7, 11) is 1.67. The molecule has 14 heteroatoms. The molecule has 4 N–H and O–H groups in total. The Kier molecular flexibility index (Phi) is 7.16. The summed E-state index contributed by atoms with van der Waals surface area (Å²) in [5.74, 6) is -2.99. The fourth-order valence-corrected chi connectivity index (χ4v) is 4.35. The largest absolute Gasteiger partial charge is 0.483 e. The monoisotopic (exact) mass is 527 g/mol. The van der Waals surface area contributed by atoms with Gasteiger partial charge in [0.15, 0.2) is 11.6 Å². The number of nitrogens with two attached hydrogens (primary N) is 1. The predicted octanol–water partition coefficient (Wildman–Crippen LogP) is 2.07. The molecule has 1 saturated heterocycles. The van der Waals surface area contributed by atoms with Crippen molar-refractivity contribution in [1.82, 2.24) is 14.9 Å². The molecule has 0 spiro atoms. The molecule has 1 aromatic carbocycles. The molecule has 198 valence electrons. The second kappa shape index (κ2) is 10.2. The van der Waals surface area contributed by atoms with Crippen LogP contribution in [0.4, 0.5) is 23.8 Å². The van der Waals surface area contributed by atoms with Crippen molar-refractivity contribution in [3.8, 4) is 5.75 Å². The molecule has 38 heavy (non-hydrogen) atoms. The van der Waals surface area contributed by atoms with Gasteiger partial charge in [-0.1, -0.05) is 0 Å². The van der Waals surface area contributed by atoms with E-state index < -0.39 is 40.9 Å². The van der Waals surface area contributed by atoms with Crippen LogP contribution in [-0.2, 0) is 10.2 Å². The van der Waals surface area contributed by atoms with E-state index in [1.165, 1.54) is 48.2 Å². The van der Waals surface area contributed by atoms with E-state index in [2.05, 4.69) is 15.4 Å². The first-order valence-electron chi connectivity index (χ1n) is 11.6. The summed E-state index contributed by atoms with van der Waals surface area (Å²) in [5, 5.41) is 15.8. The molecule has 0 bridgehead atoms. The van der Waals surface area contributed by atoms with Gasteiger partial charge >= 0.3 is 6.03 Å². The van der Waals surface area contributed by atoms with Crippen molar-refractivity contribution in [2.24, 2.45) is 10.8 Å². The van der Waals surface area contributed by atoms with Crippen LogP contribution in [0.15, 0.2) is 46.8 Å². The number of benzene rings is 1. The Morgan fingerprint density at radius 1 is 1.18 bits per heavy atom. The number of urea groups is 1. The summed E-state index contributed by atoms with van der Waals surface area (Å²) < 4.78 is 47.8. The molecule has 0 saturated carbocycles. The summed E-state index contributed by atoms with van der Waals surface area (Å²) in [6.07, 6.45) is 2.19. The van der Waals surface area contributed by atoms with Gasteiger partial charge in [-0.15, -0.1) is 0 Å². The number of carbonyl (C=O) groups excluding carboxylic acids is 2. The maximum Gasteiger partial charge on any atom is 0.340 e. The normalized spacial score (nSPS) is 19.6. The van der Waals surface area contributed by atoms with Crippen molar-refractivity contribution in [2.45, 2.75) is 31.8 Å². The molecule has 0 aliphatic carbocycles. The van der Waals surface area contributed by atoms with Crippen LogP contribution >= 0.6 is 0 Å². The highest BCUT2D eigenvalue weighted by Crippen LogP contribution is 2.35. The average molecular weight is 527 g/mol. The van der Waals surface area contributed by atoms with E-state index in [-0.39, 0.29) is 53.6 Å². The van der Waals surface area contributed by atoms with Gasteiger partial charge in [0, 0.05) is 36.2 Å². The van der Waals surface area contributed by atoms with Gasteiger partial charge in [0.05, 0.1) is 30.3 Å². The molecule has 2 aromatic rings. The van der Waals surface area contributed by atoms with Crippen molar-refractivity contribution in [3.05, 3.63) is 64.7 Å². The molecule has 1 unspecified atom stereocenters. The predicted molar refractivity (Wildman–Crippen MR) is 136 cm³/mol. The molecule has 1 fully saturated rings. The first-order chi connectivity index (χ1) is 17.9. The molecule has 0 radical (unpaired) electrons. The maximum atomic E-state index is 14.4. The highest BCUT2D eigenvalue weighted by atomic mass is 19.1. The highest BCUT2D eigenvalue weighted by molar-refractivity contribution is 6.20. The number of pyridine rings is 1. The number of anilines is 1. The number of rotatable bonds is 7. The third-order valence-corrected chi connectivity index (χ3v) is 6.36. The van der Waals surface area contributed by atoms with E-state index in [0.29, 0.717) is 0 Å². The van der Waals surface area contributed by atoms with Gasteiger partial charge in [-0.3, -0.25) is 4.79 Å². The molecule has 10 nitrogen and oxygen atoms in total. The minimum absolute atomic E-state index is 0.0238. The number of hydrazone groups is 1. The zero-order chi connectivity index (χ0) is 27.8. The standard InChI is InChI=1S/C24H25BF3N7O3/c1-12(29)21(22(30)36)13(2)33-20-8-19(18(28)9-31-20)38-17-10-34(11-17)23(37)35-24(25,3-4-32-35)14-5-15(26)7-16(27)6-14/h4-9,17,29H,3,10-11,25H2,1-2H3,(H2,30,36)(H,31,33)/b21-13+,29-12?. The number of allylic oxidation sites excluding steroid dienone is 1. The van der Waals surface area contributed by atoms with E-state index in [1.807, 2.05) is 0 Å². The molecule has 1 atom stereocenters. The van der Waals surface area contributed by atoms with E-state index in [9.17, 15) is 22.8 Å². The SMILES string of the molecule is BC1(c2cc(F)cc(F)c2)CC=NN1C(=O)N1CC(Oc2cc(N/C(C)=C(\C(C)=N)C(N)=O)ncc2F)C1. The first-order valence-corrected chi connectivity index (χ1v) is 11.6. The van der Waals surface area contributed by atoms with E-state index >= 15 is 0 Å². The molecule has 2 aliphatic rings. The maximum absolute atomic E-state index is 14.4. The van der Waals surface area contributed by atoms with Gasteiger partial charge in [-0.2, -0.15) is 5.10 Å². The summed E-state index contributed by atoms with van der Waals surface area (Å²) in [4.78, 5) is 30.1. The number of primary amides is 1. The molecular weight excluding hydrogens is 502 g/mol.